The van der Waals surface area contributed by atoms with Gasteiger partial charge >= 0.3 is 6.03 Å². The van der Waals surface area contributed by atoms with Crippen LogP contribution < -0.4 is 10.2 Å². The largest absolute Gasteiger partial charge is 0.348 e. The average molecular weight is 349 g/mol. The van der Waals surface area contributed by atoms with Crippen LogP contribution in [0.4, 0.5) is 9.93 Å². The number of carbonyl (C=O) groups excluding carboxylic acids is 1. The third-order valence-electron chi connectivity index (χ3n) is 5.84. The number of carbonyl (C=O) groups is 1. The Morgan fingerprint density at radius 1 is 1.17 bits per heavy atom. The zero-order valence-corrected chi connectivity index (χ0v) is 15.2. The minimum atomic E-state index is 0.138. The maximum absolute atomic E-state index is 12.5. The number of urea groups is 1. The lowest BCUT2D eigenvalue weighted by atomic mass is 9.85. The monoisotopic (exact) mass is 348 g/mol. The number of nitrogens with one attached hydrogen (secondary N) is 1. The van der Waals surface area contributed by atoms with Crippen molar-refractivity contribution in [2.24, 2.45) is 5.92 Å². The first-order chi connectivity index (χ1) is 11.8. The molecule has 24 heavy (non-hydrogen) atoms. The SMILES string of the molecule is O=C(NCCc1csc(N2CCCC2)n1)N1CCC2CCCCC21. The van der Waals surface area contributed by atoms with Crippen molar-refractivity contribution >= 4 is 22.5 Å². The van der Waals surface area contributed by atoms with Gasteiger partial charge < -0.3 is 15.1 Å². The first kappa shape index (κ1) is 16.2. The van der Waals surface area contributed by atoms with Crippen LogP contribution in [0.5, 0.6) is 0 Å². The van der Waals surface area contributed by atoms with E-state index in [1.54, 1.807) is 11.3 Å². The van der Waals surface area contributed by atoms with Crippen LogP contribution in [-0.4, -0.2) is 48.1 Å². The van der Waals surface area contributed by atoms with Gasteiger partial charge in [0.25, 0.3) is 0 Å². The molecular weight excluding hydrogens is 320 g/mol. The molecule has 4 rings (SSSR count). The van der Waals surface area contributed by atoms with Crippen LogP contribution in [0.15, 0.2) is 5.38 Å². The molecule has 132 valence electrons. The predicted octanol–water partition coefficient (Wildman–Crippen LogP) is 3.26. The molecule has 1 saturated carbocycles. The van der Waals surface area contributed by atoms with Gasteiger partial charge in [-0.3, -0.25) is 0 Å². The normalized spacial score (nSPS) is 26.7. The van der Waals surface area contributed by atoms with Gasteiger partial charge in [-0.05, 0) is 38.0 Å². The molecule has 2 atom stereocenters. The zero-order chi connectivity index (χ0) is 16.4. The molecule has 3 heterocycles. The van der Waals surface area contributed by atoms with E-state index in [9.17, 15) is 4.79 Å². The molecule has 3 fully saturated rings. The first-order valence-corrected chi connectivity index (χ1v) is 10.4. The summed E-state index contributed by atoms with van der Waals surface area (Å²) in [7, 11) is 0. The Morgan fingerprint density at radius 2 is 2.00 bits per heavy atom. The second kappa shape index (κ2) is 7.30. The molecule has 1 aromatic rings. The number of nitrogens with zero attached hydrogens (tertiary/aromatic N) is 3. The van der Waals surface area contributed by atoms with Gasteiger partial charge in [-0.2, -0.15) is 0 Å². The van der Waals surface area contributed by atoms with Crippen LogP contribution in [0, 0.1) is 5.92 Å². The Morgan fingerprint density at radius 3 is 2.88 bits per heavy atom. The quantitative estimate of drug-likeness (QED) is 0.908. The molecule has 0 bridgehead atoms. The fourth-order valence-corrected chi connectivity index (χ4v) is 5.44. The van der Waals surface area contributed by atoms with Crippen molar-refractivity contribution in [3.05, 3.63) is 11.1 Å². The Balaban J connectivity index is 1.24. The summed E-state index contributed by atoms with van der Waals surface area (Å²) in [5, 5.41) is 6.42. The summed E-state index contributed by atoms with van der Waals surface area (Å²) in [6, 6.07) is 0.638. The molecule has 1 aliphatic carbocycles. The standard InChI is InChI=1S/C18H28N4OS/c23-17(22-12-8-14-5-1-2-6-16(14)22)19-9-7-15-13-24-18(20-15)21-10-3-4-11-21/h13-14,16H,1-12H2,(H,19,23). The maximum atomic E-state index is 12.5. The van der Waals surface area contributed by atoms with Crippen molar-refractivity contribution in [2.75, 3.05) is 31.1 Å². The van der Waals surface area contributed by atoms with E-state index < -0.39 is 0 Å². The number of anilines is 1. The second-order valence-corrected chi connectivity index (χ2v) is 8.23. The number of aromatic nitrogens is 1. The van der Waals surface area contributed by atoms with Crippen molar-refractivity contribution < 1.29 is 4.79 Å². The number of thiazole rings is 1. The number of fused-ring (bicyclic) bond motifs is 1. The van der Waals surface area contributed by atoms with E-state index in [-0.39, 0.29) is 6.03 Å². The summed E-state index contributed by atoms with van der Waals surface area (Å²) < 4.78 is 0. The average Bonchev–Trinajstić information content (AvgIpc) is 3.34. The highest BCUT2D eigenvalue weighted by atomic mass is 32.1. The van der Waals surface area contributed by atoms with Crippen LogP contribution >= 0.6 is 11.3 Å². The third-order valence-corrected chi connectivity index (χ3v) is 6.79. The number of rotatable bonds is 4. The van der Waals surface area contributed by atoms with E-state index in [1.807, 2.05) is 0 Å². The molecule has 6 heteroatoms. The van der Waals surface area contributed by atoms with E-state index >= 15 is 0 Å². The van der Waals surface area contributed by atoms with Gasteiger partial charge in [0.2, 0.25) is 0 Å². The molecule has 2 aliphatic heterocycles. The highest BCUT2D eigenvalue weighted by molar-refractivity contribution is 7.13. The Kier molecular flexibility index (Phi) is 4.92. The fraction of sp³-hybridized carbons (Fsp3) is 0.778. The molecule has 1 aromatic heterocycles. The molecule has 1 N–H and O–H groups in total. The van der Waals surface area contributed by atoms with Crippen molar-refractivity contribution in [1.82, 2.24) is 15.2 Å². The summed E-state index contributed by atoms with van der Waals surface area (Å²) in [5.74, 6) is 0.756. The molecule has 0 spiro atoms. The lowest BCUT2D eigenvalue weighted by Gasteiger charge is -2.31. The first-order valence-electron chi connectivity index (χ1n) is 9.55. The molecule has 3 aliphatic rings. The topological polar surface area (TPSA) is 48.5 Å². The second-order valence-electron chi connectivity index (χ2n) is 7.39. The van der Waals surface area contributed by atoms with Gasteiger partial charge in [-0.15, -0.1) is 11.3 Å². The van der Waals surface area contributed by atoms with Crippen molar-refractivity contribution in [2.45, 2.75) is 57.4 Å². The van der Waals surface area contributed by atoms with Gasteiger partial charge in [0.15, 0.2) is 5.13 Å². The van der Waals surface area contributed by atoms with E-state index in [2.05, 4.69) is 20.5 Å². The van der Waals surface area contributed by atoms with Crippen molar-refractivity contribution in [3.63, 3.8) is 0 Å². The van der Waals surface area contributed by atoms with Crippen LogP contribution in [0.3, 0.4) is 0 Å². The van der Waals surface area contributed by atoms with Crippen LogP contribution in [0.1, 0.15) is 50.6 Å². The zero-order valence-electron chi connectivity index (χ0n) is 14.4. The van der Waals surface area contributed by atoms with Gasteiger partial charge in [0.1, 0.15) is 0 Å². The van der Waals surface area contributed by atoms with Crippen molar-refractivity contribution in [3.8, 4) is 0 Å². The highest BCUT2D eigenvalue weighted by Gasteiger charge is 2.37. The van der Waals surface area contributed by atoms with E-state index in [0.29, 0.717) is 12.6 Å². The summed E-state index contributed by atoms with van der Waals surface area (Å²) in [6.07, 6.45) is 9.73. The van der Waals surface area contributed by atoms with Crippen LogP contribution in [-0.2, 0) is 6.42 Å². The molecule has 5 nitrogen and oxygen atoms in total. The molecule has 2 unspecified atom stereocenters. The van der Waals surface area contributed by atoms with Gasteiger partial charge in [0, 0.05) is 44.0 Å². The minimum absolute atomic E-state index is 0.138. The lowest BCUT2D eigenvalue weighted by Crippen LogP contribution is -2.45. The fourth-order valence-electron chi connectivity index (χ4n) is 4.52. The number of hydrogen-bond acceptors (Lipinski definition) is 4. The smallest absolute Gasteiger partial charge is 0.317 e. The molecule has 2 saturated heterocycles. The Bertz CT molecular complexity index is 569. The Labute approximate surface area is 148 Å². The summed E-state index contributed by atoms with van der Waals surface area (Å²) >= 11 is 1.74. The molecule has 0 aromatic carbocycles. The molecule has 0 radical (unpaired) electrons. The van der Waals surface area contributed by atoms with Gasteiger partial charge in [0.05, 0.1) is 5.69 Å². The summed E-state index contributed by atoms with van der Waals surface area (Å²) in [6.45, 7) is 3.91. The summed E-state index contributed by atoms with van der Waals surface area (Å²) in [4.78, 5) is 21.7. The maximum Gasteiger partial charge on any atom is 0.317 e. The minimum Gasteiger partial charge on any atom is -0.348 e. The number of likely N-dealkylation sites (tertiary alicyclic amines) is 1. The van der Waals surface area contributed by atoms with Gasteiger partial charge in [-0.25, -0.2) is 9.78 Å². The number of hydrogen-bond donors (Lipinski definition) is 1. The lowest BCUT2D eigenvalue weighted by molar-refractivity contribution is 0.170. The third kappa shape index (κ3) is 3.39. The van der Waals surface area contributed by atoms with Crippen LogP contribution in [0.25, 0.3) is 0 Å². The van der Waals surface area contributed by atoms with Gasteiger partial charge in [-0.1, -0.05) is 12.8 Å². The predicted molar refractivity (Wildman–Crippen MR) is 97.7 cm³/mol. The highest BCUT2D eigenvalue weighted by Crippen LogP contribution is 2.36. The van der Waals surface area contributed by atoms with E-state index in [0.717, 1.165) is 42.8 Å². The Hall–Kier alpha value is -1.30. The molecular formula is C18H28N4OS. The van der Waals surface area contributed by atoms with Crippen molar-refractivity contribution in [1.29, 1.82) is 0 Å². The molecule has 2 amide bonds. The number of amides is 2. The summed E-state index contributed by atoms with van der Waals surface area (Å²) in [5.41, 5.74) is 1.11. The van der Waals surface area contributed by atoms with E-state index in [4.69, 9.17) is 4.98 Å². The van der Waals surface area contributed by atoms with E-state index in [1.165, 1.54) is 44.9 Å². The van der Waals surface area contributed by atoms with Crippen LogP contribution in [0.2, 0.25) is 0 Å².